The van der Waals surface area contributed by atoms with Gasteiger partial charge in [-0.1, -0.05) is 0 Å². The highest BCUT2D eigenvalue weighted by Gasteiger charge is 2.28. The third-order valence-corrected chi connectivity index (χ3v) is 4.37. The monoisotopic (exact) mass is 392 g/mol. The highest BCUT2D eigenvalue weighted by molar-refractivity contribution is 5.80. The highest BCUT2D eigenvalue weighted by Crippen LogP contribution is 2.22. The molecule has 1 fully saturated rings. The van der Waals surface area contributed by atoms with Crippen molar-refractivity contribution in [2.45, 2.75) is 51.8 Å². The molecule has 1 aliphatic rings. The molecule has 1 saturated heterocycles. The largest absolute Gasteiger partial charge is 0.508 e. The lowest BCUT2D eigenvalue weighted by Crippen LogP contribution is -2.53. The minimum absolute atomic E-state index is 0.0753. The molecule has 1 amide bonds. The molecule has 3 N–H and O–H groups in total. The summed E-state index contributed by atoms with van der Waals surface area (Å²) in [5.41, 5.74) is 0.203. The van der Waals surface area contributed by atoms with Crippen LogP contribution in [0.25, 0.3) is 0 Å². The van der Waals surface area contributed by atoms with Crippen molar-refractivity contribution in [3.63, 3.8) is 0 Å². The molecule has 1 heterocycles. The maximum Gasteiger partial charge on any atom is 0.410 e. The molecule has 8 nitrogen and oxygen atoms in total. The Morgan fingerprint density at radius 3 is 2.79 bits per heavy atom. The number of amides is 1. The summed E-state index contributed by atoms with van der Waals surface area (Å²) in [7, 11) is 3.28. The van der Waals surface area contributed by atoms with E-state index >= 15 is 0 Å². The molecule has 0 saturated carbocycles. The molecule has 28 heavy (non-hydrogen) atoms. The number of hydrogen-bond acceptors (Lipinski definition) is 5. The first kappa shape index (κ1) is 21.7. The van der Waals surface area contributed by atoms with Gasteiger partial charge in [-0.3, -0.25) is 4.99 Å². The lowest BCUT2D eigenvalue weighted by molar-refractivity contribution is 0.0193. The number of hydrogen-bond donors (Lipinski definition) is 3. The van der Waals surface area contributed by atoms with Crippen LogP contribution in [0.5, 0.6) is 11.5 Å². The van der Waals surface area contributed by atoms with E-state index in [-0.39, 0.29) is 17.9 Å². The Morgan fingerprint density at radius 1 is 1.39 bits per heavy atom. The summed E-state index contributed by atoms with van der Waals surface area (Å²) in [5.74, 6) is 1.48. The highest BCUT2D eigenvalue weighted by atomic mass is 16.6. The number of phenols is 1. The Morgan fingerprint density at radius 2 is 2.14 bits per heavy atom. The summed E-state index contributed by atoms with van der Waals surface area (Å²) in [6, 6.07) is 5.16. The van der Waals surface area contributed by atoms with Crippen LogP contribution in [0.1, 0.15) is 39.2 Å². The van der Waals surface area contributed by atoms with Crippen molar-refractivity contribution < 1.29 is 19.4 Å². The first-order valence-corrected chi connectivity index (χ1v) is 9.53. The summed E-state index contributed by atoms with van der Waals surface area (Å²) >= 11 is 0. The zero-order valence-electron chi connectivity index (χ0n) is 17.4. The van der Waals surface area contributed by atoms with E-state index in [1.165, 1.54) is 0 Å². The van der Waals surface area contributed by atoms with Gasteiger partial charge >= 0.3 is 6.09 Å². The van der Waals surface area contributed by atoms with Crippen LogP contribution in [-0.4, -0.2) is 60.9 Å². The molecule has 8 heteroatoms. The van der Waals surface area contributed by atoms with E-state index in [2.05, 4.69) is 15.6 Å². The molecule has 1 unspecified atom stereocenters. The number of guanidine groups is 1. The molecule has 1 aromatic rings. The molecule has 0 spiro atoms. The Kier molecular flexibility index (Phi) is 7.37. The van der Waals surface area contributed by atoms with Crippen molar-refractivity contribution in [3.05, 3.63) is 23.8 Å². The Balaban J connectivity index is 1.91. The molecule has 1 atom stereocenters. The van der Waals surface area contributed by atoms with Gasteiger partial charge in [0.05, 0.1) is 7.11 Å². The molecular weight excluding hydrogens is 360 g/mol. The SMILES string of the molecule is CN=C(NCc1cc(OC)ccc1O)NC1CCCN(C(=O)OC(C)(C)C)C1. The molecular formula is C20H32N4O4. The zero-order valence-corrected chi connectivity index (χ0v) is 17.4. The summed E-state index contributed by atoms with van der Waals surface area (Å²) in [4.78, 5) is 18.3. The van der Waals surface area contributed by atoms with E-state index in [0.717, 1.165) is 12.8 Å². The predicted molar refractivity (Wildman–Crippen MR) is 109 cm³/mol. The number of phenolic OH excluding ortho intramolecular Hbond substituents is 1. The van der Waals surface area contributed by atoms with Gasteiger partial charge in [-0.15, -0.1) is 0 Å². The van der Waals surface area contributed by atoms with Crippen LogP contribution in [0.4, 0.5) is 4.79 Å². The van der Waals surface area contributed by atoms with Crippen LogP contribution in [-0.2, 0) is 11.3 Å². The predicted octanol–water partition coefficient (Wildman–Crippen LogP) is 2.47. The van der Waals surface area contributed by atoms with Crippen molar-refractivity contribution >= 4 is 12.1 Å². The number of benzene rings is 1. The van der Waals surface area contributed by atoms with Crippen molar-refractivity contribution in [3.8, 4) is 11.5 Å². The van der Waals surface area contributed by atoms with E-state index in [1.807, 2.05) is 20.8 Å². The van der Waals surface area contributed by atoms with Crippen LogP contribution < -0.4 is 15.4 Å². The van der Waals surface area contributed by atoms with Crippen molar-refractivity contribution in [1.82, 2.24) is 15.5 Å². The summed E-state index contributed by atoms with van der Waals surface area (Å²) < 4.78 is 10.7. The molecule has 156 valence electrons. The van der Waals surface area contributed by atoms with E-state index in [4.69, 9.17) is 9.47 Å². The molecule has 0 aromatic heterocycles. The van der Waals surface area contributed by atoms with Gasteiger partial charge in [-0.25, -0.2) is 4.79 Å². The quantitative estimate of drug-likeness (QED) is 0.538. The van der Waals surface area contributed by atoms with Crippen LogP contribution in [0.15, 0.2) is 23.2 Å². The third kappa shape index (κ3) is 6.51. The number of ether oxygens (including phenoxy) is 2. The lowest BCUT2D eigenvalue weighted by Gasteiger charge is -2.35. The molecule has 1 aromatic carbocycles. The van der Waals surface area contributed by atoms with E-state index in [0.29, 0.717) is 36.9 Å². The van der Waals surface area contributed by atoms with E-state index in [9.17, 15) is 9.90 Å². The third-order valence-electron chi connectivity index (χ3n) is 4.37. The number of likely N-dealkylation sites (tertiary alicyclic amines) is 1. The van der Waals surface area contributed by atoms with Crippen LogP contribution in [0.2, 0.25) is 0 Å². The molecule has 0 aliphatic carbocycles. The lowest BCUT2D eigenvalue weighted by atomic mass is 10.1. The topological polar surface area (TPSA) is 95.4 Å². The standard InChI is InChI=1S/C20H32N4O4/c1-20(2,3)28-19(26)24-10-6-7-15(13-24)23-18(21-4)22-12-14-11-16(27-5)8-9-17(14)25/h8-9,11,15,25H,6-7,10,12-13H2,1-5H3,(H2,21,22,23). The minimum atomic E-state index is -0.506. The number of aromatic hydroxyl groups is 1. The fraction of sp³-hybridized carbons (Fsp3) is 0.600. The van der Waals surface area contributed by atoms with Gasteiger partial charge in [-0.05, 0) is 51.8 Å². The van der Waals surface area contributed by atoms with E-state index < -0.39 is 5.60 Å². The summed E-state index contributed by atoms with van der Waals surface area (Å²) in [6.07, 6.45) is 1.54. The van der Waals surface area contributed by atoms with Gasteiger partial charge < -0.3 is 30.1 Å². The van der Waals surface area contributed by atoms with Crippen molar-refractivity contribution in [2.24, 2.45) is 4.99 Å². The van der Waals surface area contributed by atoms with Gasteiger partial charge in [-0.2, -0.15) is 0 Å². The summed E-state index contributed by atoms with van der Waals surface area (Å²) in [6.45, 7) is 7.24. The van der Waals surface area contributed by atoms with E-state index in [1.54, 1.807) is 37.3 Å². The number of rotatable bonds is 4. The fourth-order valence-corrected chi connectivity index (χ4v) is 2.98. The minimum Gasteiger partial charge on any atom is -0.508 e. The van der Waals surface area contributed by atoms with Crippen LogP contribution >= 0.6 is 0 Å². The second-order valence-corrected chi connectivity index (χ2v) is 7.83. The second kappa shape index (κ2) is 9.52. The number of nitrogens with zero attached hydrogens (tertiary/aromatic N) is 2. The van der Waals surface area contributed by atoms with Gasteiger partial charge in [0.15, 0.2) is 5.96 Å². The Bertz CT molecular complexity index is 700. The molecule has 2 rings (SSSR count). The molecule has 0 bridgehead atoms. The Hall–Kier alpha value is -2.64. The smallest absolute Gasteiger partial charge is 0.410 e. The number of piperidine rings is 1. The van der Waals surface area contributed by atoms with Crippen LogP contribution in [0, 0.1) is 0 Å². The first-order chi connectivity index (χ1) is 13.2. The number of carbonyl (C=O) groups is 1. The molecule has 0 radical (unpaired) electrons. The van der Waals surface area contributed by atoms with Gasteiger partial charge in [0.2, 0.25) is 0 Å². The van der Waals surface area contributed by atoms with Crippen LogP contribution in [0.3, 0.4) is 0 Å². The van der Waals surface area contributed by atoms with Gasteiger partial charge in [0.1, 0.15) is 17.1 Å². The summed E-state index contributed by atoms with van der Waals surface area (Å²) in [5, 5.41) is 16.6. The van der Waals surface area contributed by atoms with Crippen molar-refractivity contribution in [1.29, 1.82) is 0 Å². The second-order valence-electron chi connectivity index (χ2n) is 7.83. The molecule has 1 aliphatic heterocycles. The van der Waals surface area contributed by atoms with Gasteiger partial charge in [0.25, 0.3) is 0 Å². The fourth-order valence-electron chi connectivity index (χ4n) is 2.98. The number of methoxy groups -OCH3 is 1. The number of aliphatic imine (C=N–C) groups is 1. The van der Waals surface area contributed by atoms with Gasteiger partial charge in [0, 0.05) is 38.3 Å². The van der Waals surface area contributed by atoms with Crippen molar-refractivity contribution in [2.75, 3.05) is 27.2 Å². The average Bonchev–Trinajstić information content (AvgIpc) is 2.65. The first-order valence-electron chi connectivity index (χ1n) is 9.53. The normalized spacial score (nSPS) is 17.8. The zero-order chi connectivity index (χ0) is 20.7. The maximum atomic E-state index is 12.3. The maximum absolute atomic E-state index is 12.3. The average molecular weight is 393 g/mol. The Labute approximate surface area is 166 Å². The number of nitrogens with one attached hydrogen (secondary N) is 2. The number of carbonyl (C=O) groups excluding carboxylic acids is 1.